The first-order valence-electron chi connectivity index (χ1n) is 10.9. The molecule has 1 aliphatic rings. The number of carbonyl (C=O) groups excluding carboxylic acids is 2. The van der Waals surface area contributed by atoms with Gasteiger partial charge in [-0.05, 0) is 48.8 Å². The zero-order valence-corrected chi connectivity index (χ0v) is 22.4. The molecule has 3 aromatic rings. The second kappa shape index (κ2) is 11.8. The largest absolute Gasteiger partial charge is 0.295 e. The first-order valence-corrected chi connectivity index (χ1v) is 15.0. The number of nitrogens with zero attached hydrogens (tertiary/aromatic N) is 1. The van der Waals surface area contributed by atoms with E-state index in [1.807, 2.05) is 30.3 Å². The van der Waals surface area contributed by atoms with Crippen LogP contribution in [0, 0.1) is 0 Å². The van der Waals surface area contributed by atoms with Crippen molar-refractivity contribution in [2.45, 2.75) is 34.1 Å². The number of rotatable bonds is 5. The van der Waals surface area contributed by atoms with Crippen LogP contribution in [-0.2, 0) is 30.3 Å². The van der Waals surface area contributed by atoms with Gasteiger partial charge in [-0.15, -0.1) is 0 Å². The Labute approximate surface area is 210 Å². The Morgan fingerprint density at radius 1 is 0.886 bits per heavy atom. The van der Waals surface area contributed by atoms with E-state index in [0.717, 1.165) is 21.4 Å². The van der Waals surface area contributed by atoms with Crippen molar-refractivity contribution in [3.63, 3.8) is 0 Å². The van der Waals surface area contributed by atoms with Gasteiger partial charge in [0.05, 0.1) is 17.0 Å². The van der Waals surface area contributed by atoms with Crippen LogP contribution in [0.15, 0.2) is 60.2 Å². The lowest BCUT2D eigenvalue weighted by Crippen LogP contribution is -2.18. The summed E-state index contributed by atoms with van der Waals surface area (Å²) >= 11 is 0. The zero-order valence-electron chi connectivity index (χ0n) is 20.0. The molecule has 0 spiro atoms. The third kappa shape index (κ3) is 7.62. The van der Waals surface area contributed by atoms with E-state index in [1.54, 1.807) is 38.1 Å². The van der Waals surface area contributed by atoms with Crippen LogP contribution in [0.3, 0.4) is 0 Å². The van der Waals surface area contributed by atoms with Gasteiger partial charge in [0.15, 0.2) is 11.6 Å². The molecule has 0 amide bonds. The topological polar surface area (TPSA) is 107 Å². The fourth-order valence-electron chi connectivity index (χ4n) is 3.31. The minimum atomic E-state index is -3.46. The summed E-state index contributed by atoms with van der Waals surface area (Å²) in [5, 5.41) is 0.759. The lowest BCUT2D eigenvalue weighted by atomic mass is 10.1. The molecule has 0 radical (unpaired) electrons. The molecule has 0 saturated carbocycles. The van der Waals surface area contributed by atoms with Gasteiger partial charge in [-0.3, -0.25) is 9.59 Å². The number of fused-ring (bicyclic) bond motifs is 2. The normalized spacial score (nSPS) is 12.5. The van der Waals surface area contributed by atoms with Crippen LogP contribution in [0.5, 0.6) is 0 Å². The van der Waals surface area contributed by atoms with Crippen molar-refractivity contribution in [1.82, 2.24) is 3.97 Å². The maximum Gasteiger partial charge on any atom is 0.239 e. The van der Waals surface area contributed by atoms with E-state index in [-0.39, 0.29) is 28.8 Å². The highest BCUT2D eigenvalue weighted by atomic mass is 35.7. The van der Waals surface area contributed by atoms with Crippen LogP contribution in [-0.4, -0.2) is 43.9 Å². The molecule has 10 heteroatoms. The predicted molar refractivity (Wildman–Crippen MR) is 141 cm³/mol. The lowest BCUT2D eigenvalue weighted by molar-refractivity contribution is -0.113. The van der Waals surface area contributed by atoms with Crippen molar-refractivity contribution in [3.8, 4) is 0 Å². The SMILES string of the molecule is CC(=O)C1=Cc2ccccc2C1.CCS(=O)(=O)Cl.CCS(=O)(=O)n1c(C(C)=O)cc2ccccc21. The summed E-state index contributed by atoms with van der Waals surface area (Å²) in [6, 6.07) is 16.8. The van der Waals surface area contributed by atoms with Gasteiger partial charge in [-0.1, -0.05) is 49.4 Å². The highest BCUT2D eigenvalue weighted by Gasteiger charge is 2.21. The number of benzene rings is 2. The van der Waals surface area contributed by atoms with Crippen molar-refractivity contribution < 1.29 is 26.4 Å². The minimum absolute atomic E-state index is 0.00849. The summed E-state index contributed by atoms with van der Waals surface area (Å²) in [7, 11) is -1.96. The van der Waals surface area contributed by atoms with E-state index in [0.29, 0.717) is 5.52 Å². The van der Waals surface area contributed by atoms with Crippen LogP contribution in [0.4, 0.5) is 0 Å². The highest BCUT2D eigenvalue weighted by molar-refractivity contribution is 8.13. The van der Waals surface area contributed by atoms with Gasteiger partial charge < -0.3 is 0 Å². The van der Waals surface area contributed by atoms with E-state index >= 15 is 0 Å². The molecule has 0 fully saturated rings. The van der Waals surface area contributed by atoms with Gasteiger partial charge in [0, 0.05) is 29.4 Å². The number of Topliss-reactive ketones (excluding diaryl/α,β-unsaturated/α-hetero) is 2. The molecule has 0 saturated heterocycles. The first kappa shape index (κ1) is 28.5. The third-order valence-corrected chi connectivity index (χ3v) is 8.26. The Hall–Kier alpha value is -2.75. The summed E-state index contributed by atoms with van der Waals surface area (Å²) < 4.78 is 44.7. The van der Waals surface area contributed by atoms with Crippen molar-refractivity contribution in [1.29, 1.82) is 0 Å². The molecule has 2 aromatic carbocycles. The summed E-state index contributed by atoms with van der Waals surface area (Å²) in [4.78, 5) is 22.6. The fourth-order valence-corrected chi connectivity index (χ4v) is 4.51. The fraction of sp³-hybridized carbons (Fsp3) is 0.280. The Balaban J connectivity index is 0.000000209. The third-order valence-electron chi connectivity index (χ3n) is 5.23. The number of hydrogen-bond acceptors (Lipinski definition) is 6. The molecule has 0 aliphatic heterocycles. The molecule has 1 heterocycles. The number of aromatic nitrogens is 1. The summed E-state index contributed by atoms with van der Waals surface area (Å²) in [5.74, 6) is -0.0926. The number of carbonyl (C=O) groups is 2. The van der Waals surface area contributed by atoms with Gasteiger partial charge in [0.1, 0.15) is 5.69 Å². The molecule has 188 valence electrons. The number of halogens is 1. The lowest BCUT2D eigenvalue weighted by Gasteiger charge is -2.07. The standard InChI is InChI=1S/C12H13NO3S.C11H10O.C2H5ClO2S/c1-3-17(15,16)13-11-7-5-4-6-10(11)8-12(13)9(2)14;1-8(12)11-6-9-4-2-3-5-10(9)7-11;1-2-6(3,4)5/h4-8H,3H2,1-2H3;2-6H,7H2,1H3;2H2,1H3. The van der Waals surface area contributed by atoms with Crippen LogP contribution in [0.25, 0.3) is 17.0 Å². The van der Waals surface area contributed by atoms with Gasteiger partial charge in [-0.2, -0.15) is 0 Å². The monoisotopic (exact) mass is 537 g/mol. The Bertz CT molecular complexity index is 1490. The zero-order chi connectivity index (χ0) is 26.4. The van der Waals surface area contributed by atoms with E-state index < -0.39 is 19.1 Å². The van der Waals surface area contributed by atoms with Crippen molar-refractivity contribution >= 4 is 58.3 Å². The molecule has 35 heavy (non-hydrogen) atoms. The Morgan fingerprint density at radius 3 is 1.97 bits per heavy atom. The Kier molecular flexibility index (Phi) is 9.60. The summed E-state index contributed by atoms with van der Waals surface area (Å²) in [5.41, 5.74) is 4.16. The molecule has 7 nitrogen and oxygen atoms in total. The second-order valence-electron chi connectivity index (χ2n) is 7.74. The molecule has 0 bridgehead atoms. The van der Waals surface area contributed by atoms with Crippen LogP contribution in [0.2, 0.25) is 0 Å². The smallest absolute Gasteiger partial charge is 0.239 e. The average Bonchev–Trinajstić information content (AvgIpc) is 3.42. The van der Waals surface area contributed by atoms with Gasteiger partial charge >= 0.3 is 0 Å². The van der Waals surface area contributed by atoms with E-state index in [9.17, 15) is 26.4 Å². The maximum atomic E-state index is 12.0. The predicted octanol–water partition coefficient (Wildman–Crippen LogP) is 4.83. The van der Waals surface area contributed by atoms with Crippen molar-refractivity contribution in [2.24, 2.45) is 0 Å². The molecule has 1 aromatic heterocycles. The molecule has 1 aliphatic carbocycles. The quantitative estimate of drug-likeness (QED) is 0.341. The first-order chi connectivity index (χ1) is 16.3. The summed E-state index contributed by atoms with van der Waals surface area (Å²) in [6.07, 6.45) is 2.79. The Morgan fingerprint density at radius 2 is 1.46 bits per heavy atom. The number of allylic oxidation sites excluding steroid dienone is 1. The van der Waals surface area contributed by atoms with Crippen molar-refractivity contribution in [3.05, 3.63) is 77.0 Å². The average molecular weight is 538 g/mol. The number of para-hydroxylation sites is 1. The molecule has 0 unspecified atom stereocenters. The highest BCUT2D eigenvalue weighted by Crippen LogP contribution is 2.25. The molecule has 0 N–H and O–H groups in total. The van der Waals surface area contributed by atoms with Gasteiger partial charge in [0.2, 0.25) is 19.1 Å². The molecular weight excluding hydrogens is 510 g/mol. The van der Waals surface area contributed by atoms with Crippen LogP contribution in [0.1, 0.15) is 49.3 Å². The molecule has 0 atom stereocenters. The molecule has 4 rings (SSSR count). The van der Waals surface area contributed by atoms with E-state index in [1.165, 1.54) is 25.0 Å². The number of hydrogen-bond donors (Lipinski definition) is 0. The molecular formula is C25H28ClNO6S2. The maximum absolute atomic E-state index is 12.0. The van der Waals surface area contributed by atoms with Crippen LogP contribution < -0.4 is 0 Å². The second-order valence-corrected chi connectivity index (χ2v) is 12.9. The van der Waals surface area contributed by atoms with E-state index in [2.05, 4.69) is 16.7 Å². The van der Waals surface area contributed by atoms with Gasteiger partial charge in [-0.25, -0.2) is 20.8 Å². The minimum Gasteiger partial charge on any atom is -0.295 e. The number of ketones is 2. The van der Waals surface area contributed by atoms with Crippen LogP contribution >= 0.6 is 10.7 Å². The summed E-state index contributed by atoms with van der Waals surface area (Å²) in [6.45, 7) is 6.05. The van der Waals surface area contributed by atoms with Gasteiger partial charge in [0.25, 0.3) is 0 Å². The van der Waals surface area contributed by atoms with E-state index in [4.69, 9.17) is 0 Å². The van der Waals surface area contributed by atoms with Crippen molar-refractivity contribution in [2.75, 3.05) is 11.5 Å².